The van der Waals surface area contributed by atoms with Crippen molar-refractivity contribution in [2.75, 3.05) is 12.4 Å². The largest absolute Gasteiger partial charge is 0.495 e. The number of ether oxygens (including phenoxy) is 1. The number of nitrogens with two attached hydrogens (primary N) is 1. The summed E-state index contributed by atoms with van der Waals surface area (Å²) in [4.78, 5) is 12.4. The lowest BCUT2D eigenvalue weighted by atomic mass is 10.1. The Morgan fingerprint density at radius 1 is 1.17 bits per heavy atom. The fourth-order valence-corrected chi connectivity index (χ4v) is 3.82. The lowest BCUT2D eigenvalue weighted by Crippen LogP contribution is -2.17. The van der Waals surface area contributed by atoms with Crippen LogP contribution < -0.4 is 15.2 Å². The molecule has 0 aliphatic rings. The van der Waals surface area contributed by atoms with Crippen LogP contribution in [-0.2, 0) is 21.2 Å². The molecule has 0 fully saturated rings. The van der Waals surface area contributed by atoms with Crippen molar-refractivity contribution in [2.24, 2.45) is 5.14 Å². The van der Waals surface area contributed by atoms with Gasteiger partial charge in [-0.15, -0.1) is 0 Å². The highest BCUT2D eigenvalue weighted by atomic mass is 32.2. The Morgan fingerprint density at radius 3 is 2.48 bits per heavy atom. The SMILES string of the molecule is COc1ccc(NC(=O)Cc2c(C)nn(-c3ccccc3)c2C)cc1S(N)(=O)=O. The second-order valence-electron chi connectivity index (χ2n) is 6.53. The summed E-state index contributed by atoms with van der Waals surface area (Å²) in [6.07, 6.45) is 0.0985. The molecule has 2 aromatic carbocycles. The van der Waals surface area contributed by atoms with Crippen molar-refractivity contribution in [3.05, 3.63) is 65.5 Å². The number of aromatic nitrogens is 2. The summed E-state index contributed by atoms with van der Waals surface area (Å²) in [6.45, 7) is 3.75. The summed E-state index contributed by atoms with van der Waals surface area (Å²) in [5.74, 6) is -0.185. The quantitative estimate of drug-likeness (QED) is 0.642. The number of sulfonamides is 1. The molecule has 0 bridgehead atoms. The third-order valence-electron chi connectivity index (χ3n) is 4.53. The third-order valence-corrected chi connectivity index (χ3v) is 5.47. The Bertz CT molecular complexity index is 1150. The van der Waals surface area contributed by atoms with Gasteiger partial charge in [-0.1, -0.05) is 18.2 Å². The molecule has 152 valence electrons. The molecule has 3 aromatic rings. The number of amides is 1. The van der Waals surface area contributed by atoms with Crippen molar-refractivity contribution in [2.45, 2.75) is 25.2 Å². The lowest BCUT2D eigenvalue weighted by Gasteiger charge is -2.10. The number of rotatable bonds is 6. The molecular weight excluding hydrogens is 392 g/mol. The van der Waals surface area contributed by atoms with Crippen molar-refractivity contribution >= 4 is 21.6 Å². The average Bonchev–Trinajstić information content (AvgIpc) is 2.96. The van der Waals surface area contributed by atoms with E-state index < -0.39 is 10.0 Å². The molecule has 0 aliphatic carbocycles. The summed E-state index contributed by atoms with van der Waals surface area (Å²) >= 11 is 0. The highest BCUT2D eigenvalue weighted by molar-refractivity contribution is 7.89. The zero-order valence-electron chi connectivity index (χ0n) is 16.3. The predicted molar refractivity (Wildman–Crippen MR) is 110 cm³/mol. The molecule has 1 aromatic heterocycles. The molecule has 8 nitrogen and oxygen atoms in total. The third kappa shape index (κ3) is 4.47. The number of carbonyl (C=O) groups excluding carboxylic acids is 1. The normalized spacial score (nSPS) is 11.3. The fourth-order valence-electron chi connectivity index (χ4n) is 3.09. The summed E-state index contributed by atoms with van der Waals surface area (Å²) in [7, 11) is -2.65. The molecule has 9 heteroatoms. The number of nitrogens with one attached hydrogen (secondary N) is 1. The summed E-state index contributed by atoms with van der Waals surface area (Å²) in [6, 6.07) is 13.9. The van der Waals surface area contributed by atoms with E-state index >= 15 is 0 Å². The minimum Gasteiger partial charge on any atom is -0.495 e. The fraction of sp³-hybridized carbons (Fsp3) is 0.200. The highest BCUT2D eigenvalue weighted by Crippen LogP contribution is 2.26. The Labute approximate surface area is 169 Å². The monoisotopic (exact) mass is 414 g/mol. The van der Waals surface area contributed by atoms with Gasteiger partial charge in [0.25, 0.3) is 0 Å². The number of benzene rings is 2. The molecule has 3 rings (SSSR count). The van der Waals surface area contributed by atoms with Crippen LogP contribution in [0, 0.1) is 13.8 Å². The van der Waals surface area contributed by atoms with Crippen LogP contribution in [0.2, 0.25) is 0 Å². The Morgan fingerprint density at radius 2 is 1.86 bits per heavy atom. The van der Waals surface area contributed by atoms with E-state index in [0.29, 0.717) is 5.69 Å². The summed E-state index contributed by atoms with van der Waals surface area (Å²) < 4.78 is 30.3. The maximum Gasteiger partial charge on any atom is 0.241 e. The number of hydrogen-bond donors (Lipinski definition) is 2. The van der Waals surface area contributed by atoms with Gasteiger partial charge in [0.1, 0.15) is 10.6 Å². The molecular formula is C20H22N4O4S. The summed E-state index contributed by atoms with van der Waals surface area (Å²) in [5, 5.41) is 12.5. The molecule has 1 amide bonds. The maximum absolute atomic E-state index is 12.6. The van der Waals surface area contributed by atoms with Crippen LogP contribution in [0.4, 0.5) is 5.69 Å². The van der Waals surface area contributed by atoms with Gasteiger partial charge in [0.15, 0.2) is 0 Å². The van der Waals surface area contributed by atoms with Gasteiger partial charge in [-0.3, -0.25) is 4.79 Å². The van der Waals surface area contributed by atoms with Crippen LogP contribution in [0.3, 0.4) is 0 Å². The first kappa shape index (κ1) is 20.6. The second kappa shape index (κ2) is 8.06. The lowest BCUT2D eigenvalue weighted by molar-refractivity contribution is -0.115. The minimum atomic E-state index is -3.99. The number of para-hydroxylation sites is 1. The first-order chi connectivity index (χ1) is 13.7. The number of primary sulfonamides is 1. The maximum atomic E-state index is 12.6. The number of hydrogen-bond acceptors (Lipinski definition) is 5. The van der Waals surface area contributed by atoms with Gasteiger partial charge in [0.05, 0.1) is 24.9 Å². The van der Waals surface area contributed by atoms with Gasteiger partial charge in [0.2, 0.25) is 15.9 Å². The zero-order valence-corrected chi connectivity index (χ0v) is 17.2. The van der Waals surface area contributed by atoms with Crippen LogP contribution in [0.15, 0.2) is 53.4 Å². The molecule has 0 spiro atoms. The van der Waals surface area contributed by atoms with Crippen LogP contribution >= 0.6 is 0 Å². The number of aryl methyl sites for hydroxylation is 1. The number of carbonyl (C=O) groups is 1. The molecule has 1 heterocycles. The molecule has 3 N–H and O–H groups in total. The van der Waals surface area contributed by atoms with Gasteiger partial charge < -0.3 is 10.1 Å². The van der Waals surface area contributed by atoms with Crippen molar-refractivity contribution in [3.63, 3.8) is 0 Å². The zero-order chi connectivity index (χ0) is 21.2. The standard InChI is InChI=1S/C20H22N4O4S/c1-13-17(14(2)24(23-13)16-7-5-4-6-8-16)12-20(25)22-15-9-10-18(28-3)19(11-15)29(21,26)27/h4-11H,12H2,1-3H3,(H,22,25)(H2,21,26,27). The van der Waals surface area contributed by atoms with Crippen molar-refractivity contribution in [3.8, 4) is 11.4 Å². The predicted octanol–water partition coefficient (Wildman–Crippen LogP) is 2.33. The van der Waals surface area contributed by atoms with Crippen molar-refractivity contribution in [1.82, 2.24) is 9.78 Å². The topological polar surface area (TPSA) is 116 Å². The Kier molecular flexibility index (Phi) is 5.71. The molecule has 0 radical (unpaired) electrons. The summed E-state index contributed by atoms with van der Waals surface area (Å²) in [5.41, 5.74) is 3.65. The average molecular weight is 414 g/mol. The van der Waals surface area contributed by atoms with E-state index in [-0.39, 0.29) is 23.0 Å². The molecule has 0 unspecified atom stereocenters. The first-order valence-corrected chi connectivity index (χ1v) is 10.4. The second-order valence-corrected chi connectivity index (χ2v) is 8.06. The highest BCUT2D eigenvalue weighted by Gasteiger charge is 2.18. The van der Waals surface area contributed by atoms with Crippen LogP contribution in [0.1, 0.15) is 17.0 Å². The Hall–Kier alpha value is -3.17. The van der Waals surface area contributed by atoms with E-state index in [1.165, 1.54) is 19.2 Å². The van der Waals surface area contributed by atoms with E-state index in [1.54, 1.807) is 10.7 Å². The molecule has 0 aliphatic heterocycles. The number of methoxy groups -OCH3 is 1. The van der Waals surface area contributed by atoms with Crippen molar-refractivity contribution < 1.29 is 17.9 Å². The van der Waals surface area contributed by atoms with Crippen LogP contribution in [0.25, 0.3) is 5.69 Å². The van der Waals surface area contributed by atoms with E-state index in [4.69, 9.17) is 9.88 Å². The van der Waals surface area contributed by atoms with Gasteiger partial charge in [0, 0.05) is 16.9 Å². The van der Waals surface area contributed by atoms with Crippen LogP contribution in [-0.4, -0.2) is 31.2 Å². The number of nitrogens with zero attached hydrogens (tertiary/aromatic N) is 2. The van der Waals surface area contributed by atoms with E-state index in [0.717, 1.165) is 22.6 Å². The van der Waals surface area contributed by atoms with Gasteiger partial charge in [-0.25, -0.2) is 18.2 Å². The minimum absolute atomic E-state index is 0.0985. The smallest absolute Gasteiger partial charge is 0.241 e. The van der Waals surface area contributed by atoms with E-state index in [2.05, 4.69) is 10.4 Å². The molecule has 0 saturated heterocycles. The van der Waals surface area contributed by atoms with Crippen molar-refractivity contribution in [1.29, 1.82) is 0 Å². The van der Waals surface area contributed by atoms with E-state index in [9.17, 15) is 13.2 Å². The van der Waals surface area contributed by atoms with Gasteiger partial charge >= 0.3 is 0 Å². The Balaban J connectivity index is 1.83. The molecule has 29 heavy (non-hydrogen) atoms. The van der Waals surface area contributed by atoms with E-state index in [1.807, 2.05) is 44.2 Å². The van der Waals surface area contributed by atoms with Gasteiger partial charge in [-0.2, -0.15) is 5.10 Å². The molecule has 0 atom stereocenters. The number of anilines is 1. The first-order valence-electron chi connectivity index (χ1n) is 8.82. The van der Waals surface area contributed by atoms with Crippen LogP contribution in [0.5, 0.6) is 5.75 Å². The molecule has 0 saturated carbocycles. The van der Waals surface area contributed by atoms with Gasteiger partial charge in [-0.05, 0) is 44.2 Å².